The van der Waals surface area contributed by atoms with Crippen LogP contribution in [0.3, 0.4) is 0 Å². The van der Waals surface area contributed by atoms with Crippen molar-refractivity contribution in [1.82, 2.24) is 15.5 Å². The molecule has 0 radical (unpaired) electrons. The minimum atomic E-state index is -0.859. The Labute approximate surface area is 140 Å². The maximum Gasteiger partial charge on any atom is 0.322 e. The van der Waals surface area contributed by atoms with Crippen LogP contribution in [0.5, 0.6) is 0 Å². The molecule has 0 aliphatic carbocycles. The van der Waals surface area contributed by atoms with E-state index < -0.39 is 17.7 Å². The number of amides is 4. The molecule has 128 valence electrons. The van der Waals surface area contributed by atoms with E-state index in [0.717, 1.165) is 5.56 Å². The number of piperidine rings is 1. The van der Waals surface area contributed by atoms with E-state index in [1.165, 1.54) is 0 Å². The van der Waals surface area contributed by atoms with Crippen LogP contribution in [0.25, 0.3) is 0 Å². The molecule has 0 saturated carbocycles. The number of imide groups is 1. The molecule has 0 aromatic heterocycles. The highest BCUT2D eigenvalue weighted by atomic mass is 16.5. The summed E-state index contributed by atoms with van der Waals surface area (Å²) in [6.07, 6.45) is 0.287. The van der Waals surface area contributed by atoms with Crippen molar-refractivity contribution < 1.29 is 19.1 Å². The van der Waals surface area contributed by atoms with Gasteiger partial charge < -0.3 is 15.0 Å². The number of likely N-dealkylation sites (tertiary alicyclic amines) is 1. The first-order valence-corrected chi connectivity index (χ1v) is 8.08. The lowest BCUT2D eigenvalue weighted by molar-refractivity contribution is -0.146. The molecule has 2 heterocycles. The van der Waals surface area contributed by atoms with Crippen molar-refractivity contribution in [2.75, 3.05) is 13.1 Å². The molecule has 2 fully saturated rings. The van der Waals surface area contributed by atoms with Gasteiger partial charge in [0, 0.05) is 13.1 Å². The highest BCUT2D eigenvalue weighted by molar-refractivity contribution is 6.07. The second-order valence-electron chi connectivity index (χ2n) is 6.25. The summed E-state index contributed by atoms with van der Waals surface area (Å²) in [5.74, 6) is -0.390. The van der Waals surface area contributed by atoms with E-state index in [-0.39, 0.29) is 11.8 Å². The predicted octanol–water partition coefficient (Wildman–Crippen LogP) is 0.792. The Morgan fingerprint density at radius 1 is 1.25 bits per heavy atom. The molecule has 2 aliphatic heterocycles. The fraction of sp³-hybridized carbons (Fsp3) is 0.471. The maximum atomic E-state index is 12.5. The number of benzene rings is 1. The monoisotopic (exact) mass is 331 g/mol. The number of carbonyl (C=O) groups is 3. The normalized spacial score (nSPS) is 20.6. The van der Waals surface area contributed by atoms with Crippen LogP contribution in [-0.2, 0) is 20.9 Å². The number of rotatable bonds is 4. The van der Waals surface area contributed by atoms with Crippen molar-refractivity contribution in [3.8, 4) is 0 Å². The van der Waals surface area contributed by atoms with Crippen LogP contribution >= 0.6 is 0 Å². The fourth-order valence-corrected chi connectivity index (χ4v) is 3.11. The van der Waals surface area contributed by atoms with Crippen molar-refractivity contribution in [1.29, 1.82) is 0 Å². The lowest BCUT2D eigenvalue weighted by atomic mass is 9.87. The average molecular weight is 331 g/mol. The van der Waals surface area contributed by atoms with E-state index in [4.69, 9.17) is 4.74 Å². The Morgan fingerprint density at radius 2 is 1.92 bits per heavy atom. The number of hydrogen-bond donors (Lipinski definition) is 2. The lowest BCUT2D eigenvalue weighted by Gasteiger charge is -2.37. The first-order valence-electron chi connectivity index (χ1n) is 8.08. The summed E-state index contributed by atoms with van der Waals surface area (Å²) >= 11 is 0. The van der Waals surface area contributed by atoms with Gasteiger partial charge in [-0.15, -0.1) is 0 Å². The Kier molecular flexibility index (Phi) is 4.53. The van der Waals surface area contributed by atoms with Crippen molar-refractivity contribution in [2.45, 2.75) is 38.0 Å². The summed E-state index contributed by atoms with van der Waals surface area (Å²) < 4.78 is 5.66. The van der Waals surface area contributed by atoms with Crippen LogP contribution < -0.4 is 10.6 Å². The van der Waals surface area contributed by atoms with E-state index in [1.54, 1.807) is 11.8 Å². The number of nitrogens with one attached hydrogen (secondary N) is 2. The van der Waals surface area contributed by atoms with Gasteiger partial charge in [-0.05, 0) is 25.3 Å². The van der Waals surface area contributed by atoms with Crippen molar-refractivity contribution in [2.24, 2.45) is 0 Å². The van der Waals surface area contributed by atoms with E-state index in [9.17, 15) is 14.4 Å². The summed E-state index contributed by atoms with van der Waals surface area (Å²) in [6.45, 7) is 2.96. The molecule has 1 aromatic carbocycles. The molecular formula is C17H21N3O4. The Bertz CT molecular complexity index is 638. The van der Waals surface area contributed by atoms with Gasteiger partial charge >= 0.3 is 6.03 Å². The number of carbonyl (C=O) groups excluding carboxylic acids is 3. The number of hydrogen-bond acceptors (Lipinski definition) is 4. The first-order chi connectivity index (χ1) is 11.5. The fourth-order valence-electron chi connectivity index (χ4n) is 3.11. The Morgan fingerprint density at radius 3 is 2.50 bits per heavy atom. The van der Waals surface area contributed by atoms with Gasteiger partial charge in [-0.25, -0.2) is 4.79 Å². The van der Waals surface area contributed by atoms with Crippen LogP contribution in [0.4, 0.5) is 4.79 Å². The molecule has 3 rings (SSSR count). The largest absolute Gasteiger partial charge is 0.364 e. The van der Waals surface area contributed by atoms with E-state index in [2.05, 4.69) is 10.6 Å². The van der Waals surface area contributed by atoms with Gasteiger partial charge in [-0.3, -0.25) is 14.9 Å². The summed E-state index contributed by atoms with van der Waals surface area (Å²) in [7, 11) is 0. The Hall–Kier alpha value is -2.41. The van der Waals surface area contributed by atoms with Gasteiger partial charge in [-0.2, -0.15) is 0 Å². The highest BCUT2D eigenvalue weighted by Crippen LogP contribution is 2.26. The SMILES string of the molecule is CC(OCc1ccccc1)C(=O)N1CCC2(CC1)NC(=O)NC2=O. The van der Waals surface area contributed by atoms with Crippen LogP contribution in [0.2, 0.25) is 0 Å². The van der Waals surface area contributed by atoms with Gasteiger partial charge in [-0.1, -0.05) is 30.3 Å². The van der Waals surface area contributed by atoms with Crippen molar-refractivity contribution in [3.63, 3.8) is 0 Å². The van der Waals surface area contributed by atoms with Crippen LogP contribution in [0.1, 0.15) is 25.3 Å². The van der Waals surface area contributed by atoms with Crippen LogP contribution in [0, 0.1) is 0 Å². The molecule has 0 bridgehead atoms. The topological polar surface area (TPSA) is 87.7 Å². The average Bonchev–Trinajstić information content (AvgIpc) is 2.87. The van der Waals surface area contributed by atoms with E-state index in [0.29, 0.717) is 32.5 Å². The van der Waals surface area contributed by atoms with Gasteiger partial charge in [0.1, 0.15) is 11.6 Å². The maximum absolute atomic E-state index is 12.5. The number of ether oxygens (including phenoxy) is 1. The van der Waals surface area contributed by atoms with Crippen molar-refractivity contribution >= 4 is 17.8 Å². The zero-order valence-corrected chi connectivity index (χ0v) is 13.6. The predicted molar refractivity (Wildman–Crippen MR) is 85.9 cm³/mol. The molecule has 1 unspecified atom stereocenters. The minimum absolute atomic E-state index is 0.0921. The van der Waals surface area contributed by atoms with Gasteiger partial charge in [0.05, 0.1) is 6.61 Å². The zero-order chi connectivity index (χ0) is 17.2. The molecule has 4 amide bonds. The molecule has 1 aromatic rings. The Balaban J connectivity index is 1.51. The molecule has 24 heavy (non-hydrogen) atoms. The molecular weight excluding hydrogens is 310 g/mol. The molecule has 2 aliphatic rings. The van der Waals surface area contributed by atoms with Gasteiger partial charge in [0.15, 0.2) is 0 Å². The second kappa shape index (κ2) is 6.60. The summed E-state index contributed by atoms with van der Waals surface area (Å²) in [6, 6.07) is 9.22. The second-order valence-corrected chi connectivity index (χ2v) is 6.25. The quantitative estimate of drug-likeness (QED) is 0.799. The molecule has 1 atom stereocenters. The molecule has 1 spiro atoms. The van der Waals surface area contributed by atoms with Crippen LogP contribution in [0.15, 0.2) is 30.3 Å². The summed E-state index contributed by atoms with van der Waals surface area (Å²) in [5.41, 5.74) is 0.155. The molecule has 2 saturated heterocycles. The standard InChI is InChI=1S/C17H21N3O4/c1-12(24-11-13-5-3-2-4-6-13)14(21)20-9-7-17(8-10-20)15(22)18-16(23)19-17/h2-6,12H,7-11H2,1H3,(H2,18,19,22,23). The first kappa shape index (κ1) is 16.4. The molecule has 7 nitrogen and oxygen atoms in total. The number of nitrogens with zero attached hydrogens (tertiary/aromatic N) is 1. The highest BCUT2D eigenvalue weighted by Gasteiger charge is 2.48. The van der Waals surface area contributed by atoms with Gasteiger partial charge in [0.25, 0.3) is 11.8 Å². The van der Waals surface area contributed by atoms with E-state index >= 15 is 0 Å². The van der Waals surface area contributed by atoms with Crippen LogP contribution in [-0.4, -0.2) is 47.5 Å². The molecule has 2 N–H and O–H groups in total. The summed E-state index contributed by atoms with van der Waals surface area (Å²) in [4.78, 5) is 37.4. The third-order valence-corrected chi connectivity index (χ3v) is 4.63. The summed E-state index contributed by atoms with van der Waals surface area (Å²) in [5, 5.41) is 4.95. The van der Waals surface area contributed by atoms with Gasteiger partial charge in [0.2, 0.25) is 0 Å². The third-order valence-electron chi connectivity index (χ3n) is 4.63. The lowest BCUT2D eigenvalue weighted by Crippen LogP contribution is -2.56. The number of urea groups is 1. The zero-order valence-electron chi connectivity index (χ0n) is 13.6. The third kappa shape index (κ3) is 3.26. The molecule has 7 heteroatoms. The van der Waals surface area contributed by atoms with E-state index in [1.807, 2.05) is 30.3 Å². The smallest absolute Gasteiger partial charge is 0.322 e. The van der Waals surface area contributed by atoms with Crippen molar-refractivity contribution in [3.05, 3.63) is 35.9 Å². The minimum Gasteiger partial charge on any atom is -0.364 e.